The van der Waals surface area contributed by atoms with Gasteiger partial charge in [-0.2, -0.15) is 5.26 Å². The zero-order valence-electron chi connectivity index (χ0n) is 19.1. The Balaban J connectivity index is 0.00000342. The molecule has 4 rings (SSSR count). The summed E-state index contributed by atoms with van der Waals surface area (Å²) in [4.78, 5) is 28.0. The molecule has 7 nitrogen and oxygen atoms in total. The van der Waals surface area contributed by atoms with E-state index in [2.05, 4.69) is 16.3 Å². The minimum atomic E-state index is -1.02. The number of cyclic esters (lactones) is 1. The predicted octanol–water partition coefficient (Wildman–Crippen LogP) is 3.55. The number of carbonyl (C=O) groups is 2. The Labute approximate surface area is 209 Å². The quantitative estimate of drug-likeness (QED) is 0.623. The topological polar surface area (TPSA) is 85.7 Å². The summed E-state index contributed by atoms with van der Waals surface area (Å²) in [6.45, 7) is 2.23. The van der Waals surface area contributed by atoms with E-state index in [1.54, 1.807) is 0 Å². The number of carbonyl (C=O) groups excluding carboxylic acids is 2. The number of likely N-dealkylation sites (tertiary alicyclic amines) is 1. The summed E-state index contributed by atoms with van der Waals surface area (Å²) in [7, 11) is 0. The Morgan fingerprint density at radius 2 is 1.86 bits per heavy atom. The molecule has 0 radical (unpaired) electrons. The molecule has 2 aromatic rings. The van der Waals surface area contributed by atoms with Gasteiger partial charge in [0.1, 0.15) is 13.2 Å². The number of nitriles is 1. The maximum atomic E-state index is 13.6. The van der Waals surface area contributed by atoms with Crippen molar-refractivity contribution >= 4 is 24.4 Å². The summed E-state index contributed by atoms with van der Waals surface area (Å²) in [6, 6.07) is 15.1. The Morgan fingerprint density at radius 3 is 2.51 bits per heavy atom. The van der Waals surface area contributed by atoms with Crippen molar-refractivity contribution in [2.75, 3.05) is 39.3 Å². The molecule has 0 spiro atoms. The first-order chi connectivity index (χ1) is 16.4. The number of nitrogens with one attached hydrogen (secondary N) is 1. The van der Waals surface area contributed by atoms with Gasteiger partial charge < -0.3 is 15.0 Å². The highest BCUT2D eigenvalue weighted by Gasteiger charge is 2.37. The Bertz CT molecular complexity index is 1090. The van der Waals surface area contributed by atoms with E-state index in [-0.39, 0.29) is 31.5 Å². The van der Waals surface area contributed by atoms with Crippen molar-refractivity contribution in [3.63, 3.8) is 0 Å². The SMILES string of the molecule is Cl.N#CC1(c2ccccc2)CCN(CCNC(=O)CN2C(=O)OCC2c2ccc(F)c(F)c2)CC1. The van der Waals surface area contributed by atoms with Crippen LogP contribution in [-0.2, 0) is 14.9 Å². The van der Waals surface area contributed by atoms with E-state index >= 15 is 0 Å². The van der Waals surface area contributed by atoms with Crippen LogP contribution in [0.4, 0.5) is 13.6 Å². The monoisotopic (exact) mass is 504 g/mol. The van der Waals surface area contributed by atoms with E-state index in [0.29, 0.717) is 18.7 Å². The molecule has 35 heavy (non-hydrogen) atoms. The maximum Gasteiger partial charge on any atom is 0.410 e. The number of halogens is 3. The molecule has 2 saturated heterocycles. The third-order valence-electron chi connectivity index (χ3n) is 6.62. The molecule has 2 heterocycles. The average molecular weight is 505 g/mol. The van der Waals surface area contributed by atoms with Crippen LogP contribution in [0.15, 0.2) is 48.5 Å². The van der Waals surface area contributed by atoms with Gasteiger partial charge in [0.2, 0.25) is 5.91 Å². The maximum absolute atomic E-state index is 13.6. The van der Waals surface area contributed by atoms with Crippen LogP contribution in [0, 0.1) is 23.0 Å². The summed E-state index contributed by atoms with van der Waals surface area (Å²) < 4.78 is 31.9. The van der Waals surface area contributed by atoms with Gasteiger partial charge in [0.25, 0.3) is 0 Å². The zero-order valence-corrected chi connectivity index (χ0v) is 19.9. The largest absolute Gasteiger partial charge is 0.447 e. The van der Waals surface area contributed by atoms with Gasteiger partial charge >= 0.3 is 6.09 Å². The Hall–Kier alpha value is -3.22. The van der Waals surface area contributed by atoms with Crippen LogP contribution in [0.25, 0.3) is 0 Å². The van der Waals surface area contributed by atoms with Gasteiger partial charge in [0.05, 0.1) is 17.5 Å². The van der Waals surface area contributed by atoms with Crippen molar-refractivity contribution in [2.45, 2.75) is 24.3 Å². The van der Waals surface area contributed by atoms with E-state index in [4.69, 9.17) is 4.74 Å². The van der Waals surface area contributed by atoms with Gasteiger partial charge in [-0.1, -0.05) is 36.4 Å². The Kier molecular flexibility index (Phi) is 8.65. The number of rotatable bonds is 7. The highest BCUT2D eigenvalue weighted by molar-refractivity contribution is 5.85. The van der Waals surface area contributed by atoms with Crippen LogP contribution in [-0.4, -0.2) is 61.1 Å². The van der Waals surface area contributed by atoms with Crippen LogP contribution in [0.3, 0.4) is 0 Å². The van der Waals surface area contributed by atoms with Gasteiger partial charge in [-0.15, -0.1) is 12.4 Å². The minimum Gasteiger partial charge on any atom is -0.447 e. The van der Waals surface area contributed by atoms with E-state index in [0.717, 1.165) is 43.6 Å². The van der Waals surface area contributed by atoms with Gasteiger partial charge in [0, 0.05) is 26.2 Å². The van der Waals surface area contributed by atoms with Crippen molar-refractivity contribution < 1.29 is 23.1 Å². The summed E-state index contributed by atoms with van der Waals surface area (Å²) >= 11 is 0. The number of hydrogen-bond donors (Lipinski definition) is 1. The molecule has 2 aromatic carbocycles. The van der Waals surface area contributed by atoms with Gasteiger partial charge in [-0.25, -0.2) is 13.6 Å². The van der Waals surface area contributed by atoms with Crippen molar-refractivity contribution in [1.82, 2.24) is 15.1 Å². The summed E-state index contributed by atoms with van der Waals surface area (Å²) in [6.07, 6.45) is 0.767. The van der Waals surface area contributed by atoms with E-state index in [9.17, 15) is 23.6 Å². The Morgan fingerprint density at radius 1 is 1.14 bits per heavy atom. The first-order valence-corrected chi connectivity index (χ1v) is 11.3. The zero-order chi connectivity index (χ0) is 24.1. The first kappa shape index (κ1) is 26.4. The molecule has 2 fully saturated rings. The molecule has 186 valence electrons. The molecule has 0 bridgehead atoms. The lowest BCUT2D eigenvalue weighted by Crippen LogP contribution is -2.46. The highest BCUT2D eigenvalue weighted by Crippen LogP contribution is 2.34. The molecule has 0 saturated carbocycles. The summed E-state index contributed by atoms with van der Waals surface area (Å²) in [5, 5.41) is 12.6. The average Bonchev–Trinajstić information content (AvgIpc) is 3.21. The fraction of sp³-hybridized carbons (Fsp3) is 0.400. The van der Waals surface area contributed by atoms with Crippen LogP contribution < -0.4 is 5.32 Å². The third kappa shape index (κ3) is 5.89. The predicted molar refractivity (Wildman–Crippen MR) is 127 cm³/mol. The molecular weight excluding hydrogens is 478 g/mol. The molecule has 0 aliphatic carbocycles. The van der Waals surface area contributed by atoms with Crippen molar-refractivity contribution in [2.24, 2.45) is 0 Å². The second-order valence-corrected chi connectivity index (χ2v) is 8.65. The van der Waals surface area contributed by atoms with Crippen molar-refractivity contribution in [3.8, 4) is 6.07 Å². The molecular formula is C25H27ClF2N4O3. The molecule has 2 aliphatic rings. The molecule has 0 aromatic heterocycles. The molecule has 10 heteroatoms. The van der Waals surface area contributed by atoms with Gasteiger partial charge in [0.15, 0.2) is 11.6 Å². The van der Waals surface area contributed by atoms with Crippen LogP contribution in [0.2, 0.25) is 0 Å². The minimum absolute atomic E-state index is 0. The molecule has 1 atom stereocenters. The standard InChI is InChI=1S/C25H26F2N4O3.ClH/c26-20-7-6-18(14-21(20)27)22-16-34-24(33)31(22)15-23(32)29-10-13-30-11-8-25(17-28,9-12-30)19-4-2-1-3-5-19;/h1-7,14,22H,8-13,15-16H2,(H,29,32);1H. The van der Waals surface area contributed by atoms with E-state index < -0.39 is 29.2 Å². The first-order valence-electron chi connectivity index (χ1n) is 11.3. The van der Waals surface area contributed by atoms with Crippen molar-refractivity contribution in [1.29, 1.82) is 5.26 Å². The summed E-state index contributed by atoms with van der Waals surface area (Å²) in [5.74, 6) is -2.36. The smallest absolute Gasteiger partial charge is 0.410 e. The molecule has 1 unspecified atom stereocenters. The van der Waals surface area contributed by atoms with Gasteiger partial charge in [-0.3, -0.25) is 9.69 Å². The van der Waals surface area contributed by atoms with Crippen molar-refractivity contribution in [3.05, 3.63) is 71.3 Å². The molecule has 2 amide bonds. The van der Waals surface area contributed by atoms with E-state index in [1.807, 2.05) is 30.3 Å². The van der Waals surface area contributed by atoms with Gasteiger partial charge in [-0.05, 0) is 36.1 Å². The second kappa shape index (κ2) is 11.5. The molecule has 2 aliphatic heterocycles. The lowest BCUT2D eigenvalue weighted by atomic mass is 9.74. The number of piperidine rings is 1. The highest BCUT2D eigenvalue weighted by atomic mass is 35.5. The fourth-order valence-corrected chi connectivity index (χ4v) is 4.57. The van der Waals surface area contributed by atoms with Crippen LogP contribution in [0.5, 0.6) is 0 Å². The number of amides is 2. The number of hydrogen-bond acceptors (Lipinski definition) is 5. The third-order valence-corrected chi connectivity index (χ3v) is 6.62. The van der Waals surface area contributed by atoms with E-state index in [1.165, 1.54) is 11.0 Å². The summed E-state index contributed by atoms with van der Waals surface area (Å²) in [5.41, 5.74) is 0.926. The number of ether oxygens (including phenoxy) is 1. The molecule has 1 N–H and O–H groups in total. The number of nitrogens with zero attached hydrogens (tertiary/aromatic N) is 3. The lowest BCUT2D eigenvalue weighted by Gasteiger charge is -2.37. The van der Waals surface area contributed by atoms with Crippen LogP contribution in [0.1, 0.15) is 30.0 Å². The normalized spacial score (nSPS) is 19.4. The van der Waals surface area contributed by atoms with Crippen LogP contribution >= 0.6 is 12.4 Å². The lowest BCUT2D eigenvalue weighted by molar-refractivity contribution is -0.122. The number of benzene rings is 2. The fourth-order valence-electron chi connectivity index (χ4n) is 4.57. The second-order valence-electron chi connectivity index (χ2n) is 8.65.